The molecule has 1 aromatic rings. The predicted molar refractivity (Wildman–Crippen MR) is 49.4 cm³/mol. The summed E-state index contributed by atoms with van der Waals surface area (Å²) in [5.74, 6) is 0. The van der Waals surface area contributed by atoms with Gasteiger partial charge in [0.1, 0.15) is 5.69 Å². The number of rotatable bonds is 0. The molecule has 0 aliphatic carbocycles. The molecule has 0 saturated heterocycles. The van der Waals surface area contributed by atoms with Crippen LogP contribution in [-0.2, 0) is 0 Å². The Morgan fingerprint density at radius 2 is 2.25 bits per heavy atom. The molecule has 62 valence electrons. The van der Waals surface area contributed by atoms with Gasteiger partial charge in [-0.3, -0.25) is 10.4 Å². The summed E-state index contributed by atoms with van der Waals surface area (Å²) in [4.78, 5) is 4.38. The lowest BCUT2D eigenvalue weighted by atomic mass is 10.2. The first-order valence-electron chi connectivity index (χ1n) is 3.86. The van der Waals surface area contributed by atoms with E-state index < -0.39 is 0 Å². The minimum Gasteiger partial charge on any atom is -0.296 e. The molecule has 2 heterocycles. The summed E-state index contributed by atoms with van der Waals surface area (Å²) in [6, 6.07) is 4.00. The lowest BCUT2D eigenvalue weighted by molar-refractivity contribution is 0.600. The number of aryl methyl sites for hydroxylation is 1. The van der Waals surface area contributed by atoms with Crippen molar-refractivity contribution in [2.45, 2.75) is 6.92 Å². The molecule has 3 nitrogen and oxygen atoms in total. The average Bonchev–Trinajstić information content (AvgIpc) is 2.31. The number of hydrazine groups is 1. The predicted octanol–water partition coefficient (Wildman–Crippen LogP) is 1.63. The van der Waals surface area contributed by atoms with Crippen molar-refractivity contribution in [2.24, 2.45) is 0 Å². The van der Waals surface area contributed by atoms with Crippen LogP contribution in [0.1, 0.15) is 11.4 Å². The summed E-state index contributed by atoms with van der Waals surface area (Å²) in [6.07, 6.45) is 0. The molecule has 1 N–H and O–H groups in total. The maximum atomic E-state index is 4.38. The van der Waals surface area contributed by atoms with Crippen LogP contribution in [0.3, 0.4) is 0 Å². The van der Waals surface area contributed by atoms with E-state index in [0.29, 0.717) is 0 Å². The van der Waals surface area contributed by atoms with Crippen LogP contribution in [-0.4, -0.2) is 17.0 Å². The van der Waals surface area contributed by atoms with E-state index in [1.54, 1.807) is 0 Å². The standard InChI is InChI=1S/C9H11N3/c1-6-4-5-8-9(10-6)7(2)12(3)11-8/h4-5,11H,2H2,1,3H3. The smallest absolute Gasteiger partial charge is 0.113 e. The maximum absolute atomic E-state index is 4.38. The highest BCUT2D eigenvalue weighted by molar-refractivity contribution is 5.76. The van der Waals surface area contributed by atoms with Gasteiger partial charge in [-0.25, -0.2) is 4.98 Å². The monoisotopic (exact) mass is 161 g/mol. The highest BCUT2D eigenvalue weighted by Crippen LogP contribution is 2.29. The van der Waals surface area contributed by atoms with Crippen molar-refractivity contribution in [3.8, 4) is 0 Å². The molecule has 12 heavy (non-hydrogen) atoms. The van der Waals surface area contributed by atoms with Gasteiger partial charge in [0, 0.05) is 12.7 Å². The quantitative estimate of drug-likeness (QED) is 0.627. The van der Waals surface area contributed by atoms with Crippen molar-refractivity contribution in [2.75, 3.05) is 12.5 Å². The van der Waals surface area contributed by atoms with Gasteiger partial charge in [-0.05, 0) is 19.1 Å². The average molecular weight is 161 g/mol. The Labute approximate surface area is 71.7 Å². The second kappa shape index (κ2) is 2.24. The van der Waals surface area contributed by atoms with Crippen molar-refractivity contribution in [3.05, 3.63) is 30.1 Å². The van der Waals surface area contributed by atoms with Crippen LogP contribution in [0.15, 0.2) is 18.7 Å². The van der Waals surface area contributed by atoms with Crippen LogP contribution in [0, 0.1) is 6.92 Å². The summed E-state index contributed by atoms with van der Waals surface area (Å²) in [5, 5.41) is 1.87. The molecule has 0 amide bonds. The molecule has 0 bridgehead atoms. The molecular formula is C9H11N3. The number of anilines is 1. The van der Waals surface area contributed by atoms with Crippen LogP contribution in [0.25, 0.3) is 5.70 Å². The van der Waals surface area contributed by atoms with Crippen LogP contribution in [0.2, 0.25) is 0 Å². The fraction of sp³-hybridized carbons (Fsp3) is 0.222. The Hall–Kier alpha value is -1.51. The Morgan fingerprint density at radius 3 is 3.00 bits per heavy atom. The number of nitrogens with one attached hydrogen (secondary N) is 1. The fourth-order valence-corrected chi connectivity index (χ4v) is 1.27. The van der Waals surface area contributed by atoms with Gasteiger partial charge in [-0.15, -0.1) is 0 Å². The fourth-order valence-electron chi connectivity index (χ4n) is 1.27. The van der Waals surface area contributed by atoms with Crippen LogP contribution < -0.4 is 5.43 Å². The highest BCUT2D eigenvalue weighted by Gasteiger charge is 2.19. The molecule has 1 aliphatic heterocycles. The summed E-state index contributed by atoms with van der Waals surface area (Å²) in [7, 11) is 1.93. The van der Waals surface area contributed by atoms with Crippen LogP contribution in [0.5, 0.6) is 0 Å². The first kappa shape index (κ1) is 7.16. The van der Waals surface area contributed by atoms with Gasteiger partial charge in [0.15, 0.2) is 0 Å². The first-order valence-corrected chi connectivity index (χ1v) is 3.86. The minimum absolute atomic E-state index is 0.925. The number of aromatic nitrogens is 1. The van der Waals surface area contributed by atoms with Gasteiger partial charge in [-0.1, -0.05) is 6.58 Å². The molecule has 2 rings (SSSR count). The minimum atomic E-state index is 0.925. The molecule has 0 aromatic carbocycles. The number of hydrogen-bond donors (Lipinski definition) is 1. The molecule has 0 atom stereocenters. The van der Waals surface area contributed by atoms with Crippen molar-refractivity contribution >= 4 is 11.4 Å². The third-order valence-electron chi connectivity index (χ3n) is 2.00. The zero-order valence-corrected chi connectivity index (χ0v) is 7.26. The van der Waals surface area contributed by atoms with Gasteiger partial charge >= 0.3 is 0 Å². The summed E-state index contributed by atoms with van der Waals surface area (Å²) in [5.41, 5.74) is 7.08. The van der Waals surface area contributed by atoms with E-state index in [0.717, 1.165) is 22.8 Å². The van der Waals surface area contributed by atoms with Gasteiger partial charge < -0.3 is 0 Å². The van der Waals surface area contributed by atoms with E-state index in [2.05, 4.69) is 17.0 Å². The van der Waals surface area contributed by atoms with Crippen molar-refractivity contribution in [1.82, 2.24) is 9.99 Å². The Kier molecular flexibility index (Phi) is 1.33. The van der Waals surface area contributed by atoms with Gasteiger partial charge in [0.05, 0.1) is 11.4 Å². The molecule has 0 unspecified atom stereocenters. The third-order valence-corrected chi connectivity index (χ3v) is 2.00. The molecule has 0 radical (unpaired) electrons. The molecular weight excluding hydrogens is 150 g/mol. The maximum Gasteiger partial charge on any atom is 0.113 e. The van der Waals surface area contributed by atoms with Crippen molar-refractivity contribution in [1.29, 1.82) is 0 Å². The topological polar surface area (TPSA) is 28.2 Å². The molecule has 0 spiro atoms. The first-order chi connectivity index (χ1) is 5.68. The van der Waals surface area contributed by atoms with Gasteiger partial charge in [0.2, 0.25) is 0 Å². The van der Waals surface area contributed by atoms with E-state index in [1.165, 1.54) is 0 Å². The van der Waals surface area contributed by atoms with Gasteiger partial charge in [-0.2, -0.15) is 0 Å². The molecule has 0 saturated carbocycles. The summed E-state index contributed by atoms with van der Waals surface area (Å²) in [6.45, 7) is 5.90. The lowest BCUT2D eigenvalue weighted by Gasteiger charge is -2.10. The summed E-state index contributed by atoms with van der Waals surface area (Å²) < 4.78 is 0. The molecule has 1 aliphatic rings. The Balaban J connectivity index is 2.56. The van der Waals surface area contributed by atoms with E-state index in [1.807, 2.05) is 31.1 Å². The van der Waals surface area contributed by atoms with E-state index in [9.17, 15) is 0 Å². The van der Waals surface area contributed by atoms with E-state index in [-0.39, 0.29) is 0 Å². The zero-order valence-electron chi connectivity index (χ0n) is 7.26. The summed E-state index contributed by atoms with van der Waals surface area (Å²) >= 11 is 0. The molecule has 1 aromatic heterocycles. The number of fused-ring (bicyclic) bond motifs is 1. The largest absolute Gasteiger partial charge is 0.296 e. The molecule has 0 fully saturated rings. The van der Waals surface area contributed by atoms with Crippen LogP contribution in [0.4, 0.5) is 5.69 Å². The van der Waals surface area contributed by atoms with Crippen molar-refractivity contribution in [3.63, 3.8) is 0 Å². The van der Waals surface area contributed by atoms with Gasteiger partial charge in [0.25, 0.3) is 0 Å². The Morgan fingerprint density at radius 1 is 1.50 bits per heavy atom. The van der Waals surface area contributed by atoms with E-state index >= 15 is 0 Å². The second-order valence-corrected chi connectivity index (χ2v) is 2.97. The third kappa shape index (κ3) is 0.863. The van der Waals surface area contributed by atoms with Crippen molar-refractivity contribution < 1.29 is 0 Å². The SMILES string of the molecule is C=C1c2nc(C)ccc2NN1C. The normalized spacial score (nSPS) is 14.5. The lowest BCUT2D eigenvalue weighted by Crippen LogP contribution is -2.15. The number of hydrogen-bond acceptors (Lipinski definition) is 3. The van der Waals surface area contributed by atoms with Crippen LogP contribution >= 0.6 is 0 Å². The number of pyridine rings is 1. The molecule has 3 heteroatoms. The zero-order chi connectivity index (χ0) is 8.72. The second-order valence-electron chi connectivity index (χ2n) is 2.97. The number of nitrogens with zero attached hydrogens (tertiary/aromatic N) is 2. The van der Waals surface area contributed by atoms with E-state index in [4.69, 9.17) is 0 Å². The Bertz CT molecular complexity index is 344. The highest BCUT2D eigenvalue weighted by atomic mass is 15.5.